The highest BCUT2D eigenvalue weighted by molar-refractivity contribution is 5.20. The zero-order chi connectivity index (χ0) is 7.68. The van der Waals surface area contributed by atoms with Crippen LogP contribution < -0.4 is 5.32 Å². The van der Waals surface area contributed by atoms with Crippen molar-refractivity contribution >= 4 is 0 Å². The first-order valence-electron chi connectivity index (χ1n) is 4.16. The number of nitrogens with one attached hydrogen (secondary N) is 1. The Labute approximate surface area is 66.4 Å². The van der Waals surface area contributed by atoms with Crippen molar-refractivity contribution in [1.82, 2.24) is 15.1 Å². The van der Waals surface area contributed by atoms with Crippen LogP contribution in [0.5, 0.6) is 0 Å². The molecule has 0 fully saturated rings. The SMILES string of the molecule is CCCn1cc2c(n1)CNC2. The molecule has 0 spiro atoms. The van der Waals surface area contributed by atoms with Gasteiger partial charge in [-0.15, -0.1) is 0 Å². The lowest BCUT2D eigenvalue weighted by Crippen LogP contribution is -2.05. The van der Waals surface area contributed by atoms with Crippen LogP contribution in [-0.4, -0.2) is 9.78 Å². The van der Waals surface area contributed by atoms with Crippen molar-refractivity contribution in [1.29, 1.82) is 0 Å². The molecular weight excluding hydrogens is 138 g/mol. The van der Waals surface area contributed by atoms with Gasteiger partial charge in [-0.3, -0.25) is 4.68 Å². The van der Waals surface area contributed by atoms with Gasteiger partial charge in [-0.1, -0.05) is 6.92 Å². The van der Waals surface area contributed by atoms with Gasteiger partial charge < -0.3 is 5.32 Å². The lowest BCUT2D eigenvalue weighted by atomic mass is 10.3. The van der Waals surface area contributed by atoms with Crippen molar-refractivity contribution in [3.8, 4) is 0 Å². The quantitative estimate of drug-likeness (QED) is 0.680. The summed E-state index contributed by atoms with van der Waals surface area (Å²) in [6.45, 7) is 5.17. The smallest absolute Gasteiger partial charge is 0.0807 e. The molecule has 0 aliphatic carbocycles. The fourth-order valence-corrected chi connectivity index (χ4v) is 1.46. The minimum absolute atomic E-state index is 0.950. The molecule has 1 aromatic rings. The summed E-state index contributed by atoms with van der Waals surface area (Å²) >= 11 is 0. The maximum Gasteiger partial charge on any atom is 0.0807 e. The van der Waals surface area contributed by atoms with Crippen LogP contribution in [0.3, 0.4) is 0 Å². The molecule has 2 rings (SSSR count). The number of hydrogen-bond acceptors (Lipinski definition) is 2. The van der Waals surface area contributed by atoms with E-state index in [1.54, 1.807) is 0 Å². The fraction of sp³-hybridized carbons (Fsp3) is 0.625. The molecule has 0 atom stereocenters. The van der Waals surface area contributed by atoms with Gasteiger partial charge in [0, 0.05) is 31.4 Å². The monoisotopic (exact) mass is 151 g/mol. The Kier molecular flexibility index (Phi) is 1.66. The molecule has 1 aliphatic rings. The Balaban J connectivity index is 2.20. The minimum atomic E-state index is 0.950. The molecule has 3 nitrogen and oxygen atoms in total. The van der Waals surface area contributed by atoms with Gasteiger partial charge >= 0.3 is 0 Å². The second kappa shape index (κ2) is 2.66. The normalized spacial score (nSPS) is 15.4. The first kappa shape index (κ1) is 6.85. The van der Waals surface area contributed by atoms with Gasteiger partial charge in [0.2, 0.25) is 0 Å². The number of hydrogen-bond donors (Lipinski definition) is 1. The Morgan fingerprint density at radius 1 is 1.64 bits per heavy atom. The van der Waals surface area contributed by atoms with Crippen molar-refractivity contribution in [2.45, 2.75) is 33.0 Å². The average Bonchev–Trinajstić information content (AvgIpc) is 2.46. The molecule has 2 heterocycles. The van der Waals surface area contributed by atoms with Crippen LogP contribution in [0.2, 0.25) is 0 Å². The molecule has 11 heavy (non-hydrogen) atoms. The summed E-state index contributed by atoms with van der Waals surface area (Å²) < 4.78 is 2.05. The second-order valence-electron chi connectivity index (χ2n) is 2.97. The molecule has 0 bridgehead atoms. The highest BCUT2D eigenvalue weighted by Crippen LogP contribution is 2.12. The van der Waals surface area contributed by atoms with Crippen molar-refractivity contribution in [2.75, 3.05) is 0 Å². The van der Waals surface area contributed by atoms with Gasteiger partial charge in [-0.25, -0.2) is 0 Å². The van der Waals surface area contributed by atoms with E-state index >= 15 is 0 Å². The van der Waals surface area contributed by atoms with E-state index in [2.05, 4.69) is 23.5 Å². The highest BCUT2D eigenvalue weighted by Gasteiger charge is 2.13. The molecule has 60 valence electrons. The van der Waals surface area contributed by atoms with Crippen molar-refractivity contribution < 1.29 is 0 Å². The summed E-state index contributed by atoms with van der Waals surface area (Å²) in [6.07, 6.45) is 3.31. The van der Waals surface area contributed by atoms with Crippen molar-refractivity contribution in [3.63, 3.8) is 0 Å². The van der Waals surface area contributed by atoms with E-state index in [9.17, 15) is 0 Å². The van der Waals surface area contributed by atoms with Gasteiger partial charge in [0.25, 0.3) is 0 Å². The Hall–Kier alpha value is -0.830. The van der Waals surface area contributed by atoms with E-state index in [-0.39, 0.29) is 0 Å². The Morgan fingerprint density at radius 3 is 3.27 bits per heavy atom. The third-order valence-electron chi connectivity index (χ3n) is 1.99. The van der Waals surface area contributed by atoms with Gasteiger partial charge in [-0.2, -0.15) is 5.10 Å². The third-order valence-corrected chi connectivity index (χ3v) is 1.99. The van der Waals surface area contributed by atoms with E-state index in [0.29, 0.717) is 0 Å². The number of fused-ring (bicyclic) bond motifs is 1. The van der Waals surface area contributed by atoms with E-state index < -0.39 is 0 Å². The summed E-state index contributed by atoms with van der Waals surface area (Å²) in [5.74, 6) is 0. The van der Waals surface area contributed by atoms with Gasteiger partial charge in [0.05, 0.1) is 5.69 Å². The standard InChI is InChI=1S/C8H13N3/c1-2-3-11-6-7-4-9-5-8(7)10-11/h6,9H,2-5H2,1H3. The molecule has 0 unspecified atom stereocenters. The van der Waals surface area contributed by atoms with Crippen LogP contribution in [0.15, 0.2) is 6.20 Å². The molecule has 0 aromatic carbocycles. The number of aromatic nitrogens is 2. The molecule has 1 aliphatic heterocycles. The van der Waals surface area contributed by atoms with Crippen LogP contribution in [0.1, 0.15) is 24.6 Å². The summed E-state index contributed by atoms with van der Waals surface area (Å²) in [5.41, 5.74) is 2.61. The van der Waals surface area contributed by atoms with E-state index in [1.807, 2.05) is 4.68 Å². The maximum absolute atomic E-state index is 4.43. The average molecular weight is 151 g/mol. The zero-order valence-electron chi connectivity index (χ0n) is 6.80. The summed E-state index contributed by atoms with van der Waals surface area (Å²) in [7, 11) is 0. The van der Waals surface area contributed by atoms with Gasteiger partial charge in [0.15, 0.2) is 0 Å². The largest absolute Gasteiger partial charge is 0.307 e. The predicted molar refractivity (Wildman–Crippen MR) is 43.1 cm³/mol. The van der Waals surface area contributed by atoms with Crippen molar-refractivity contribution in [3.05, 3.63) is 17.5 Å². The van der Waals surface area contributed by atoms with Crippen LogP contribution >= 0.6 is 0 Å². The lowest BCUT2D eigenvalue weighted by molar-refractivity contribution is 0.583. The maximum atomic E-state index is 4.43. The third kappa shape index (κ3) is 1.16. The molecule has 0 saturated heterocycles. The zero-order valence-corrected chi connectivity index (χ0v) is 6.80. The summed E-state index contributed by atoms with van der Waals surface area (Å²) in [5, 5.41) is 7.70. The second-order valence-corrected chi connectivity index (χ2v) is 2.97. The molecule has 0 amide bonds. The summed E-state index contributed by atoms with van der Waals surface area (Å²) in [4.78, 5) is 0. The highest BCUT2D eigenvalue weighted by atomic mass is 15.3. The van der Waals surface area contributed by atoms with Crippen LogP contribution in [0, 0.1) is 0 Å². The van der Waals surface area contributed by atoms with Crippen LogP contribution in [0.4, 0.5) is 0 Å². The predicted octanol–water partition coefficient (Wildman–Crippen LogP) is 0.896. The molecular formula is C8H13N3. The van der Waals surface area contributed by atoms with E-state index in [4.69, 9.17) is 0 Å². The lowest BCUT2D eigenvalue weighted by Gasteiger charge is -1.96. The van der Waals surface area contributed by atoms with Crippen LogP contribution in [0.25, 0.3) is 0 Å². The summed E-state index contributed by atoms with van der Waals surface area (Å²) in [6, 6.07) is 0. The topological polar surface area (TPSA) is 29.9 Å². The minimum Gasteiger partial charge on any atom is -0.307 e. The molecule has 1 aromatic heterocycles. The molecule has 0 saturated carbocycles. The number of rotatable bonds is 2. The molecule has 3 heteroatoms. The Morgan fingerprint density at radius 2 is 2.55 bits per heavy atom. The van der Waals surface area contributed by atoms with Gasteiger partial charge in [-0.05, 0) is 6.42 Å². The van der Waals surface area contributed by atoms with Crippen LogP contribution in [-0.2, 0) is 19.6 Å². The first-order valence-corrected chi connectivity index (χ1v) is 4.16. The molecule has 0 radical (unpaired) electrons. The van der Waals surface area contributed by atoms with Gasteiger partial charge in [0.1, 0.15) is 0 Å². The number of nitrogens with zero attached hydrogens (tertiary/aromatic N) is 2. The van der Waals surface area contributed by atoms with Crippen molar-refractivity contribution in [2.24, 2.45) is 0 Å². The fourth-order valence-electron chi connectivity index (χ4n) is 1.46. The molecule has 1 N–H and O–H groups in total. The Bertz CT molecular complexity index is 230. The van der Waals surface area contributed by atoms with E-state index in [1.165, 1.54) is 11.3 Å². The first-order chi connectivity index (χ1) is 5.40. The van der Waals surface area contributed by atoms with E-state index in [0.717, 1.165) is 26.1 Å². The number of aryl methyl sites for hydroxylation is 1.